The predicted molar refractivity (Wildman–Crippen MR) is 61.0 cm³/mol. The molecule has 94 valence electrons. The van der Waals surface area contributed by atoms with Crippen molar-refractivity contribution in [1.29, 1.82) is 0 Å². The number of carbonyl (C=O) groups excluding carboxylic acids is 1. The molecule has 0 aliphatic rings. The standard InChI is InChI=1S/C12H22O4/c1-5-9(4)16-12(15)8(3)7-10(6-2)11(13)14/h8-10H,5-7H2,1-4H3,(H,13,14). The molecule has 4 nitrogen and oxygen atoms in total. The molecular weight excluding hydrogens is 208 g/mol. The molecule has 4 heteroatoms. The van der Waals surface area contributed by atoms with E-state index in [-0.39, 0.29) is 18.0 Å². The largest absolute Gasteiger partial charge is 0.481 e. The minimum atomic E-state index is -0.842. The highest BCUT2D eigenvalue weighted by Gasteiger charge is 2.24. The Morgan fingerprint density at radius 1 is 1.19 bits per heavy atom. The second-order valence-corrected chi connectivity index (χ2v) is 4.24. The summed E-state index contributed by atoms with van der Waals surface area (Å²) in [4.78, 5) is 22.4. The van der Waals surface area contributed by atoms with Crippen LogP contribution < -0.4 is 0 Å². The lowest BCUT2D eigenvalue weighted by molar-refractivity contribution is -0.154. The second kappa shape index (κ2) is 7.25. The van der Waals surface area contributed by atoms with Gasteiger partial charge in [-0.25, -0.2) is 0 Å². The normalized spacial score (nSPS) is 16.2. The van der Waals surface area contributed by atoms with Gasteiger partial charge in [0.05, 0.1) is 17.9 Å². The Labute approximate surface area is 97.0 Å². The molecule has 0 aromatic carbocycles. The molecule has 0 heterocycles. The molecule has 0 aliphatic heterocycles. The van der Waals surface area contributed by atoms with E-state index >= 15 is 0 Å². The molecule has 0 aromatic heterocycles. The van der Waals surface area contributed by atoms with Crippen LogP contribution in [-0.2, 0) is 14.3 Å². The average molecular weight is 230 g/mol. The lowest BCUT2D eigenvalue weighted by Crippen LogP contribution is -2.24. The van der Waals surface area contributed by atoms with Crippen LogP contribution in [0.25, 0.3) is 0 Å². The number of carbonyl (C=O) groups is 2. The van der Waals surface area contributed by atoms with Crippen LogP contribution >= 0.6 is 0 Å². The second-order valence-electron chi connectivity index (χ2n) is 4.24. The van der Waals surface area contributed by atoms with Crippen molar-refractivity contribution in [2.45, 2.75) is 53.1 Å². The maximum absolute atomic E-state index is 11.6. The number of carboxylic acid groups (broad SMARTS) is 1. The van der Waals surface area contributed by atoms with Crippen molar-refractivity contribution in [1.82, 2.24) is 0 Å². The van der Waals surface area contributed by atoms with Crippen molar-refractivity contribution < 1.29 is 19.4 Å². The molecule has 0 saturated heterocycles. The van der Waals surface area contributed by atoms with Crippen LogP contribution in [0.1, 0.15) is 47.0 Å². The van der Waals surface area contributed by atoms with Gasteiger partial charge in [0, 0.05) is 0 Å². The number of hydrogen-bond acceptors (Lipinski definition) is 3. The number of rotatable bonds is 7. The molecule has 3 atom stereocenters. The fourth-order valence-electron chi connectivity index (χ4n) is 1.36. The lowest BCUT2D eigenvalue weighted by atomic mass is 9.94. The van der Waals surface area contributed by atoms with Gasteiger partial charge in [-0.3, -0.25) is 9.59 Å². The summed E-state index contributed by atoms with van der Waals surface area (Å²) in [6.45, 7) is 7.30. The first kappa shape index (κ1) is 14.9. The zero-order chi connectivity index (χ0) is 12.7. The summed E-state index contributed by atoms with van der Waals surface area (Å²) in [7, 11) is 0. The van der Waals surface area contributed by atoms with E-state index in [0.717, 1.165) is 6.42 Å². The molecule has 0 saturated carbocycles. The van der Waals surface area contributed by atoms with Gasteiger partial charge in [0.15, 0.2) is 0 Å². The Balaban J connectivity index is 4.18. The topological polar surface area (TPSA) is 63.6 Å². The molecule has 0 bridgehead atoms. The third kappa shape index (κ3) is 5.14. The molecule has 1 N–H and O–H groups in total. The molecule has 0 aromatic rings. The van der Waals surface area contributed by atoms with Crippen molar-refractivity contribution in [3.63, 3.8) is 0 Å². The highest BCUT2D eigenvalue weighted by atomic mass is 16.5. The van der Waals surface area contributed by atoms with Crippen LogP contribution in [-0.4, -0.2) is 23.1 Å². The molecular formula is C12H22O4. The summed E-state index contributed by atoms with van der Waals surface area (Å²) in [5, 5.41) is 8.88. The van der Waals surface area contributed by atoms with Crippen LogP contribution in [0.2, 0.25) is 0 Å². The first-order valence-electron chi connectivity index (χ1n) is 5.85. The van der Waals surface area contributed by atoms with Crippen LogP contribution in [0.15, 0.2) is 0 Å². The number of aliphatic carboxylic acids is 1. The summed E-state index contributed by atoms with van der Waals surface area (Å²) < 4.78 is 5.15. The summed E-state index contributed by atoms with van der Waals surface area (Å²) in [5.41, 5.74) is 0. The van der Waals surface area contributed by atoms with Crippen molar-refractivity contribution in [3.8, 4) is 0 Å². The Hall–Kier alpha value is -1.06. The van der Waals surface area contributed by atoms with E-state index < -0.39 is 11.9 Å². The zero-order valence-corrected chi connectivity index (χ0v) is 10.5. The van der Waals surface area contributed by atoms with E-state index in [2.05, 4.69) is 0 Å². The molecule has 16 heavy (non-hydrogen) atoms. The Kier molecular flexibility index (Phi) is 6.77. The van der Waals surface area contributed by atoms with Crippen molar-refractivity contribution in [2.24, 2.45) is 11.8 Å². The number of ether oxygens (including phenoxy) is 1. The minimum Gasteiger partial charge on any atom is -0.481 e. The van der Waals surface area contributed by atoms with E-state index in [1.54, 1.807) is 6.92 Å². The third-order valence-electron chi connectivity index (χ3n) is 2.77. The average Bonchev–Trinajstić information content (AvgIpc) is 2.24. The smallest absolute Gasteiger partial charge is 0.308 e. The van der Waals surface area contributed by atoms with E-state index in [1.165, 1.54) is 0 Å². The van der Waals surface area contributed by atoms with Gasteiger partial charge in [-0.15, -0.1) is 0 Å². The van der Waals surface area contributed by atoms with Crippen LogP contribution in [0.3, 0.4) is 0 Å². The summed E-state index contributed by atoms with van der Waals surface area (Å²) in [6, 6.07) is 0. The molecule has 0 radical (unpaired) electrons. The number of esters is 1. The highest BCUT2D eigenvalue weighted by molar-refractivity contribution is 5.74. The summed E-state index contributed by atoms with van der Waals surface area (Å²) >= 11 is 0. The molecule has 0 fully saturated rings. The maximum Gasteiger partial charge on any atom is 0.308 e. The molecule has 0 aliphatic carbocycles. The quantitative estimate of drug-likeness (QED) is 0.682. The van der Waals surface area contributed by atoms with Gasteiger partial charge in [0.1, 0.15) is 0 Å². The van der Waals surface area contributed by atoms with Gasteiger partial charge in [-0.05, 0) is 26.2 Å². The summed E-state index contributed by atoms with van der Waals surface area (Å²) in [5.74, 6) is -1.95. The first-order valence-corrected chi connectivity index (χ1v) is 5.85. The van der Waals surface area contributed by atoms with E-state index in [4.69, 9.17) is 9.84 Å². The Morgan fingerprint density at radius 2 is 1.75 bits per heavy atom. The number of hydrogen-bond donors (Lipinski definition) is 1. The fraction of sp³-hybridized carbons (Fsp3) is 0.833. The van der Waals surface area contributed by atoms with E-state index in [9.17, 15) is 9.59 Å². The van der Waals surface area contributed by atoms with Crippen LogP contribution in [0, 0.1) is 11.8 Å². The maximum atomic E-state index is 11.6. The SMILES string of the molecule is CCC(C)OC(=O)C(C)CC(CC)C(=O)O. The van der Waals surface area contributed by atoms with Gasteiger partial charge in [-0.2, -0.15) is 0 Å². The van der Waals surface area contributed by atoms with E-state index in [1.807, 2.05) is 20.8 Å². The molecule has 0 amide bonds. The minimum absolute atomic E-state index is 0.0974. The lowest BCUT2D eigenvalue weighted by Gasteiger charge is -2.18. The van der Waals surface area contributed by atoms with Crippen molar-refractivity contribution in [3.05, 3.63) is 0 Å². The third-order valence-corrected chi connectivity index (χ3v) is 2.77. The first-order chi connectivity index (χ1) is 7.42. The van der Waals surface area contributed by atoms with Gasteiger partial charge in [0.25, 0.3) is 0 Å². The van der Waals surface area contributed by atoms with Crippen LogP contribution in [0.5, 0.6) is 0 Å². The van der Waals surface area contributed by atoms with E-state index in [0.29, 0.717) is 12.8 Å². The van der Waals surface area contributed by atoms with Gasteiger partial charge in [-0.1, -0.05) is 20.8 Å². The highest BCUT2D eigenvalue weighted by Crippen LogP contribution is 2.17. The van der Waals surface area contributed by atoms with Crippen molar-refractivity contribution >= 4 is 11.9 Å². The molecule has 3 unspecified atom stereocenters. The molecule has 0 rings (SSSR count). The van der Waals surface area contributed by atoms with Gasteiger partial charge < -0.3 is 9.84 Å². The number of carboxylic acids is 1. The molecule has 0 spiro atoms. The monoisotopic (exact) mass is 230 g/mol. The fourth-order valence-corrected chi connectivity index (χ4v) is 1.36. The van der Waals surface area contributed by atoms with Crippen LogP contribution in [0.4, 0.5) is 0 Å². The van der Waals surface area contributed by atoms with Crippen molar-refractivity contribution in [2.75, 3.05) is 0 Å². The Morgan fingerprint density at radius 3 is 2.12 bits per heavy atom. The zero-order valence-electron chi connectivity index (χ0n) is 10.5. The predicted octanol–water partition coefficient (Wildman–Crippen LogP) is 2.47. The summed E-state index contributed by atoms with van der Waals surface area (Å²) in [6.07, 6.45) is 1.56. The van der Waals surface area contributed by atoms with Gasteiger partial charge in [0.2, 0.25) is 0 Å². The Bertz CT molecular complexity index is 237. The van der Waals surface area contributed by atoms with Gasteiger partial charge >= 0.3 is 11.9 Å².